The summed E-state index contributed by atoms with van der Waals surface area (Å²) in [6, 6.07) is 15.2. The largest absolute Gasteiger partial charge is 0.312 e. The highest BCUT2D eigenvalue weighted by atomic mass is 16.6. The highest BCUT2D eigenvalue weighted by Crippen LogP contribution is 2.12. The van der Waals surface area contributed by atoms with Gasteiger partial charge in [-0.1, -0.05) is 42.0 Å². The topological polar surface area (TPSA) is 55.2 Å². The van der Waals surface area contributed by atoms with Crippen molar-refractivity contribution >= 4 is 5.69 Å². The Bertz CT molecular complexity index is 597. The highest BCUT2D eigenvalue weighted by molar-refractivity contribution is 5.34. The quantitative estimate of drug-likeness (QED) is 0.498. The van der Waals surface area contributed by atoms with Crippen molar-refractivity contribution in [3.63, 3.8) is 0 Å². The van der Waals surface area contributed by atoms with Crippen LogP contribution in [0.4, 0.5) is 5.69 Å². The van der Waals surface area contributed by atoms with Crippen LogP contribution in [0.2, 0.25) is 0 Å². The van der Waals surface area contributed by atoms with E-state index in [0.29, 0.717) is 6.54 Å². The SMILES string of the molecule is Cc1cccc(CCNCc2cccc([N+](=O)[O-])c2)c1. The van der Waals surface area contributed by atoms with Gasteiger partial charge in [-0.2, -0.15) is 0 Å². The average Bonchev–Trinajstić information content (AvgIpc) is 2.44. The second-order valence-corrected chi connectivity index (χ2v) is 4.84. The molecule has 20 heavy (non-hydrogen) atoms. The summed E-state index contributed by atoms with van der Waals surface area (Å²) in [5, 5.41) is 14.0. The molecule has 2 aromatic rings. The van der Waals surface area contributed by atoms with Crippen LogP contribution in [0.25, 0.3) is 0 Å². The van der Waals surface area contributed by atoms with Crippen LogP contribution in [0.3, 0.4) is 0 Å². The summed E-state index contributed by atoms with van der Waals surface area (Å²) in [5.74, 6) is 0. The minimum absolute atomic E-state index is 0.142. The van der Waals surface area contributed by atoms with Gasteiger partial charge in [-0.15, -0.1) is 0 Å². The van der Waals surface area contributed by atoms with Crippen LogP contribution in [-0.4, -0.2) is 11.5 Å². The Kier molecular flexibility index (Phi) is 4.85. The summed E-state index contributed by atoms with van der Waals surface area (Å²) in [5.41, 5.74) is 3.64. The van der Waals surface area contributed by atoms with E-state index in [0.717, 1.165) is 18.5 Å². The van der Waals surface area contributed by atoms with Gasteiger partial charge in [0.05, 0.1) is 4.92 Å². The number of aryl methyl sites for hydroxylation is 1. The number of nitro benzene ring substituents is 1. The van der Waals surface area contributed by atoms with Gasteiger partial charge in [0.2, 0.25) is 0 Å². The molecule has 0 aliphatic rings. The standard InChI is InChI=1S/C16H18N2O2/c1-13-4-2-5-14(10-13)8-9-17-12-15-6-3-7-16(11-15)18(19)20/h2-7,10-11,17H,8-9,12H2,1H3. The van der Waals surface area contributed by atoms with Crippen LogP contribution < -0.4 is 5.32 Å². The molecule has 104 valence electrons. The lowest BCUT2D eigenvalue weighted by Gasteiger charge is -2.06. The van der Waals surface area contributed by atoms with Gasteiger partial charge in [0.1, 0.15) is 0 Å². The fourth-order valence-electron chi connectivity index (χ4n) is 2.11. The summed E-state index contributed by atoms with van der Waals surface area (Å²) in [7, 11) is 0. The molecule has 0 aromatic heterocycles. The van der Waals surface area contributed by atoms with Crippen molar-refractivity contribution in [3.05, 3.63) is 75.3 Å². The Morgan fingerprint density at radius 2 is 1.85 bits per heavy atom. The van der Waals surface area contributed by atoms with Crippen LogP contribution in [0.15, 0.2) is 48.5 Å². The molecule has 0 radical (unpaired) electrons. The maximum atomic E-state index is 10.7. The van der Waals surface area contributed by atoms with Crippen LogP contribution in [0, 0.1) is 17.0 Å². The molecule has 0 atom stereocenters. The highest BCUT2D eigenvalue weighted by Gasteiger charge is 2.04. The predicted molar refractivity (Wildman–Crippen MR) is 79.7 cm³/mol. The van der Waals surface area contributed by atoms with E-state index in [1.54, 1.807) is 12.1 Å². The molecule has 0 spiro atoms. The normalized spacial score (nSPS) is 10.4. The van der Waals surface area contributed by atoms with Gasteiger partial charge in [0.25, 0.3) is 5.69 Å². The Morgan fingerprint density at radius 3 is 2.60 bits per heavy atom. The minimum Gasteiger partial charge on any atom is -0.312 e. The molecule has 0 heterocycles. The third-order valence-corrected chi connectivity index (χ3v) is 3.12. The van der Waals surface area contributed by atoms with Gasteiger partial charge in [0.15, 0.2) is 0 Å². The van der Waals surface area contributed by atoms with Crippen molar-refractivity contribution in [1.29, 1.82) is 0 Å². The van der Waals surface area contributed by atoms with Crippen molar-refractivity contribution in [1.82, 2.24) is 5.32 Å². The van der Waals surface area contributed by atoms with Crippen molar-refractivity contribution < 1.29 is 4.92 Å². The zero-order valence-corrected chi connectivity index (χ0v) is 11.5. The fourth-order valence-corrected chi connectivity index (χ4v) is 2.11. The molecule has 2 rings (SSSR count). The van der Waals surface area contributed by atoms with E-state index < -0.39 is 0 Å². The van der Waals surface area contributed by atoms with E-state index in [1.807, 2.05) is 6.07 Å². The molecule has 0 saturated heterocycles. The lowest BCUT2D eigenvalue weighted by atomic mass is 10.1. The van der Waals surface area contributed by atoms with E-state index in [4.69, 9.17) is 0 Å². The maximum absolute atomic E-state index is 10.7. The van der Waals surface area contributed by atoms with Crippen molar-refractivity contribution in [2.45, 2.75) is 19.9 Å². The number of nitrogens with zero attached hydrogens (tertiary/aromatic N) is 1. The lowest BCUT2D eigenvalue weighted by Crippen LogP contribution is -2.16. The van der Waals surface area contributed by atoms with Gasteiger partial charge >= 0.3 is 0 Å². The molecule has 0 bridgehead atoms. The molecular weight excluding hydrogens is 252 g/mol. The number of hydrogen-bond donors (Lipinski definition) is 1. The van der Waals surface area contributed by atoms with Crippen LogP contribution in [-0.2, 0) is 13.0 Å². The van der Waals surface area contributed by atoms with Crippen LogP contribution in [0.1, 0.15) is 16.7 Å². The molecule has 0 aliphatic carbocycles. The molecule has 0 saturated carbocycles. The molecule has 2 aromatic carbocycles. The summed E-state index contributed by atoms with van der Waals surface area (Å²) in [6.07, 6.45) is 0.955. The van der Waals surface area contributed by atoms with Crippen LogP contribution in [0.5, 0.6) is 0 Å². The first-order valence-electron chi connectivity index (χ1n) is 6.65. The van der Waals surface area contributed by atoms with Crippen LogP contribution >= 0.6 is 0 Å². The van der Waals surface area contributed by atoms with E-state index in [-0.39, 0.29) is 10.6 Å². The summed E-state index contributed by atoms with van der Waals surface area (Å²) < 4.78 is 0. The monoisotopic (exact) mass is 270 g/mol. The number of benzene rings is 2. The van der Waals surface area contributed by atoms with E-state index in [1.165, 1.54) is 17.2 Å². The van der Waals surface area contributed by atoms with Gasteiger partial charge in [0, 0.05) is 18.7 Å². The first kappa shape index (κ1) is 14.2. The first-order valence-corrected chi connectivity index (χ1v) is 6.65. The molecule has 0 unspecified atom stereocenters. The second-order valence-electron chi connectivity index (χ2n) is 4.84. The Labute approximate surface area is 118 Å². The Hall–Kier alpha value is -2.20. The smallest absolute Gasteiger partial charge is 0.269 e. The predicted octanol–water partition coefficient (Wildman–Crippen LogP) is 3.24. The van der Waals surface area contributed by atoms with Crippen molar-refractivity contribution in [3.8, 4) is 0 Å². The number of nitrogens with one attached hydrogen (secondary N) is 1. The fraction of sp³-hybridized carbons (Fsp3) is 0.250. The molecule has 4 heteroatoms. The third kappa shape index (κ3) is 4.17. The summed E-state index contributed by atoms with van der Waals surface area (Å²) in [4.78, 5) is 10.3. The Morgan fingerprint density at radius 1 is 1.10 bits per heavy atom. The van der Waals surface area contributed by atoms with Gasteiger partial charge in [-0.25, -0.2) is 0 Å². The molecular formula is C16H18N2O2. The maximum Gasteiger partial charge on any atom is 0.269 e. The van der Waals surface area contributed by atoms with Crippen molar-refractivity contribution in [2.75, 3.05) is 6.54 Å². The second kappa shape index (κ2) is 6.82. The molecule has 1 N–H and O–H groups in total. The lowest BCUT2D eigenvalue weighted by molar-refractivity contribution is -0.384. The number of hydrogen-bond acceptors (Lipinski definition) is 3. The van der Waals surface area contributed by atoms with E-state index in [2.05, 4.69) is 36.5 Å². The molecule has 0 aliphatic heterocycles. The van der Waals surface area contributed by atoms with Gasteiger partial charge < -0.3 is 5.32 Å². The zero-order chi connectivity index (χ0) is 14.4. The molecule has 0 amide bonds. The molecule has 0 fully saturated rings. The average molecular weight is 270 g/mol. The summed E-state index contributed by atoms with van der Waals surface area (Å²) in [6.45, 7) is 3.58. The first-order chi connectivity index (χ1) is 9.65. The molecule has 4 nitrogen and oxygen atoms in total. The van der Waals surface area contributed by atoms with Gasteiger partial charge in [-0.3, -0.25) is 10.1 Å². The number of rotatable bonds is 6. The Balaban J connectivity index is 1.81. The third-order valence-electron chi connectivity index (χ3n) is 3.12. The number of nitro groups is 1. The minimum atomic E-state index is -0.365. The van der Waals surface area contributed by atoms with E-state index >= 15 is 0 Å². The van der Waals surface area contributed by atoms with E-state index in [9.17, 15) is 10.1 Å². The van der Waals surface area contributed by atoms with Gasteiger partial charge in [-0.05, 0) is 31.0 Å². The zero-order valence-electron chi connectivity index (χ0n) is 11.5. The number of non-ortho nitro benzene ring substituents is 1. The summed E-state index contributed by atoms with van der Waals surface area (Å²) >= 11 is 0. The van der Waals surface area contributed by atoms with Crippen molar-refractivity contribution in [2.24, 2.45) is 0 Å².